The van der Waals surface area contributed by atoms with E-state index in [0.717, 1.165) is 12.7 Å². The first kappa shape index (κ1) is 21.7. The van der Waals surface area contributed by atoms with E-state index in [4.69, 9.17) is 4.74 Å². The maximum Gasteiger partial charge on any atom is 0.339 e. The van der Waals surface area contributed by atoms with Crippen LogP contribution in [0.4, 0.5) is 0 Å². The van der Waals surface area contributed by atoms with Crippen LogP contribution in [0, 0.1) is 11.8 Å². The molecule has 1 aromatic carbocycles. The van der Waals surface area contributed by atoms with E-state index in [9.17, 15) is 18.3 Å². The summed E-state index contributed by atoms with van der Waals surface area (Å²) in [4.78, 5) is 11.5. The highest BCUT2D eigenvalue weighted by Crippen LogP contribution is 2.40. The molecule has 1 atom stereocenters. The Morgan fingerprint density at radius 1 is 1.19 bits per heavy atom. The molecular weight excluding hydrogens is 364 g/mol. The maximum atomic E-state index is 11.7. The van der Waals surface area contributed by atoms with Crippen molar-refractivity contribution in [2.45, 2.75) is 69.6 Å². The number of benzene rings is 1. The second kappa shape index (κ2) is 10.1. The number of aromatic carboxylic acids is 1. The molecule has 1 aliphatic carbocycles. The predicted octanol–water partition coefficient (Wildman–Crippen LogP) is 4.94. The molecule has 2 rings (SSSR count). The van der Waals surface area contributed by atoms with Crippen LogP contribution in [0.25, 0.3) is 0 Å². The lowest BCUT2D eigenvalue weighted by atomic mass is 9.96. The molecule has 6 heteroatoms. The highest BCUT2D eigenvalue weighted by atomic mass is 32.2. The van der Waals surface area contributed by atoms with Gasteiger partial charge in [0.15, 0.2) is 9.84 Å². The van der Waals surface area contributed by atoms with Crippen molar-refractivity contribution in [3.05, 3.63) is 23.8 Å². The lowest BCUT2D eigenvalue weighted by Crippen LogP contribution is -2.16. The first-order valence-corrected chi connectivity index (χ1v) is 11.9. The van der Waals surface area contributed by atoms with Crippen LogP contribution in [0.3, 0.4) is 0 Å². The van der Waals surface area contributed by atoms with Crippen LogP contribution in [0.5, 0.6) is 5.75 Å². The molecule has 1 saturated carbocycles. The van der Waals surface area contributed by atoms with Crippen molar-refractivity contribution >= 4 is 15.8 Å². The number of unbranched alkanes of at least 4 members (excludes halogenated alkanes) is 5. The number of sulfone groups is 1. The zero-order valence-corrected chi connectivity index (χ0v) is 17.3. The molecule has 1 unspecified atom stereocenters. The Balaban J connectivity index is 1.93. The van der Waals surface area contributed by atoms with E-state index in [1.54, 1.807) is 0 Å². The van der Waals surface area contributed by atoms with Gasteiger partial charge in [0.25, 0.3) is 0 Å². The van der Waals surface area contributed by atoms with Gasteiger partial charge < -0.3 is 9.84 Å². The smallest absolute Gasteiger partial charge is 0.339 e. The van der Waals surface area contributed by atoms with Crippen LogP contribution >= 0.6 is 0 Å². The summed E-state index contributed by atoms with van der Waals surface area (Å²) in [6.07, 6.45) is 12.2. The SMILES string of the molecule is CCCCCCCCC(COc1ccc(S(C)(=O)=O)cc1C(=O)O)C1CC1. The molecule has 1 aliphatic rings. The molecule has 0 saturated heterocycles. The number of ether oxygens (including phenoxy) is 1. The third-order valence-corrected chi connectivity index (χ3v) is 6.39. The van der Waals surface area contributed by atoms with E-state index in [0.29, 0.717) is 18.4 Å². The van der Waals surface area contributed by atoms with Crippen LogP contribution in [0.2, 0.25) is 0 Å². The Hall–Kier alpha value is -1.56. The van der Waals surface area contributed by atoms with Crippen LogP contribution in [-0.4, -0.2) is 32.4 Å². The van der Waals surface area contributed by atoms with E-state index in [1.165, 1.54) is 69.6 Å². The van der Waals surface area contributed by atoms with Crippen molar-refractivity contribution in [2.75, 3.05) is 12.9 Å². The van der Waals surface area contributed by atoms with Crippen molar-refractivity contribution in [3.8, 4) is 5.75 Å². The first-order valence-electron chi connectivity index (χ1n) is 10.0. The van der Waals surface area contributed by atoms with Gasteiger partial charge in [0.2, 0.25) is 0 Å². The number of rotatable bonds is 13. The second-order valence-corrected chi connectivity index (χ2v) is 9.72. The lowest BCUT2D eigenvalue weighted by molar-refractivity contribution is 0.0690. The summed E-state index contributed by atoms with van der Waals surface area (Å²) < 4.78 is 29.2. The summed E-state index contributed by atoms with van der Waals surface area (Å²) >= 11 is 0. The zero-order chi connectivity index (χ0) is 19.9. The molecule has 1 fully saturated rings. The number of carboxylic acids is 1. The first-order chi connectivity index (χ1) is 12.8. The maximum absolute atomic E-state index is 11.7. The van der Waals surface area contributed by atoms with Crippen molar-refractivity contribution < 1.29 is 23.1 Å². The average molecular weight is 397 g/mol. The normalized spacial score (nSPS) is 15.5. The fourth-order valence-corrected chi connectivity index (χ4v) is 4.09. The van der Waals surface area contributed by atoms with Crippen molar-refractivity contribution in [2.24, 2.45) is 11.8 Å². The Kier molecular flexibility index (Phi) is 8.14. The standard InChI is InChI=1S/C21H32O5S/c1-3-4-5-6-7-8-9-17(16-10-11-16)15-26-20-13-12-18(27(2,24)25)14-19(20)21(22)23/h12-14,16-17H,3-11,15H2,1-2H3,(H,22,23). The lowest BCUT2D eigenvalue weighted by Gasteiger charge is -2.18. The third kappa shape index (κ3) is 7.17. The molecule has 0 spiro atoms. The van der Waals surface area contributed by atoms with E-state index in [-0.39, 0.29) is 16.2 Å². The van der Waals surface area contributed by atoms with Crippen molar-refractivity contribution in [1.82, 2.24) is 0 Å². The molecule has 0 amide bonds. The van der Waals surface area contributed by atoms with Gasteiger partial charge in [0.1, 0.15) is 11.3 Å². The van der Waals surface area contributed by atoms with Gasteiger partial charge in [-0.15, -0.1) is 0 Å². The van der Waals surface area contributed by atoms with Gasteiger partial charge in [0.05, 0.1) is 11.5 Å². The molecule has 0 radical (unpaired) electrons. The summed E-state index contributed by atoms with van der Waals surface area (Å²) in [5.41, 5.74) is -0.0907. The van der Waals surface area contributed by atoms with E-state index >= 15 is 0 Å². The van der Waals surface area contributed by atoms with E-state index in [1.807, 2.05) is 0 Å². The molecule has 1 aromatic rings. The highest BCUT2D eigenvalue weighted by molar-refractivity contribution is 7.90. The van der Waals surface area contributed by atoms with E-state index in [2.05, 4.69) is 6.92 Å². The third-order valence-electron chi connectivity index (χ3n) is 5.28. The fourth-order valence-electron chi connectivity index (χ4n) is 3.44. The molecule has 5 nitrogen and oxygen atoms in total. The van der Waals surface area contributed by atoms with Crippen LogP contribution in [0.1, 0.15) is 75.1 Å². The van der Waals surface area contributed by atoms with Gasteiger partial charge in [-0.1, -0.05) is 45.4 Å². The zero-order valence-electron chi connectivity index (χ0n) is 16.4. The van der Waals surface area contributed by atoms with Gasteiger partial charge in [-0.3, -0.25) is 0 Å². The fraction of sp³-hybridized carbons (Fsp3) is 0.667. The molecular formula is C21H32O5S. The van der Waals surface area contributed by atoms with Crippen molar-refractivity contribution in [3.63, 3.8) is 0 Å². The summed E-state index contributed by atoms with van der Waals surface area (Å²) in [7, 11) is -3.45. The molecule has 1 N–H and O–H groups in total. The van der Waals surface area contributed by atoms with Gasteiger partial charge in [0, 0.05) is 6.26 Å². The second-order valence-electron chi connectivity index (χ2n) is 7.70. The minimum absolute atomic E-state index is 0.00179. The van der Waals surface area contributed by atoms with E-state index < -0.39 is 15.8 Å². The topological polar surface area (TPSA) is 80.7 Å². The summed E-state index contributed by atoms with van der Waals surface area (Å²) in [5.74, 6) is 0.217. The minimum Gasteiger partial charge on any atom is -0.492 e. The average Bonchev–Trinajstić information content (AvgIpc) is 3.44. The van der Waals surface area contributed by atoms with Crippen LogP contribution < -0.4 is 4.74 Å². The number of carboxylic acid groups (broad SMARTS) is 1. The number of carbonyl (C=O) groups is 1. The van der Waals surface area contributed by atoms with Crippen LogP contribution in [-0.2, 0) is 9.84 Å². The predicted molar refractivity (Wildman–Crippen MR) is 106 cm³/mol. The Morgan fingerprint density at radius 3 is 2.44 bits per heavy atom. The molecule has 0 aliphatic heterocycles. The molecule has 27 heavy (non-hydrogen) atoms. The monoisotopic (exact) mass is 396 g/mol. The molecule has 0 aromatic heterocycles. The largest absolute Gasteiger partial charge is 0.492 e. The summed E-state index contributed by atoms with van der Waals surface area (Å²) in [6.45, 7) is 2.71. The molecule has 152 valence electrons. The van der Waals surface area contributed by atoms with Gasteiger partial charge in [-0.05, 0) is 49.3 Å². The number of hydrogen-bond acceptors (Lipinski definition) is 4. The molecule has 0 bridgehead atoms. The Morgan fingerprint density at radius 2 is 1.85 bits per heavy atom. The van der Waals surface area contributed by atoms with Gasteiger partial charge in [-0.25, -0.2) is 13.2 Å². The minimum atomic E-state index is -3.45. The number of hydrogen-bond donors (Lipinski definition) is 1. The summed E-state index contributed by atoms with van der Waals surface area (Å²) in [6, 6.07) is 4.07. The quantitative estimate of drug-likeness (QED) is 0.477. The van der Waals surface area contributed by atoms with Gasteiger partial charge >= 0.3 is 5.97 Å². The Bertz CT molecular complexity index is 722. The Labute approximate surface area is 163 Å². The van der Waals surface area contributed by atoms with Crippen LogP contribution in [0.15, 0.2) is 23.1 Å². The molecule has 0 heterocycles. The highest BCUT2D eigenvalue weighted by Gasteiger charge is 2.31. The summed E-state index contributed by atoms with van der Waals surface area (Å²) in [5, 5.41) is 9.41. The van der Waals surface area contributed by atoms with Crippen molar-refractivity contribution in [1.29, 1.82) is 0 Å². The van der Waals surface area contributed by atoms with Gasteiger partial charge in [-0.2, -0.15) is 0 Å².